The summed E-state index contributed by atoms with van der Waals surface area (Å²) < 4.78 is 3.47. The standard InChI is InChI=1S/C11H15N5.C9H9N3/c12-5-6-13-7-10-1-3-11(4-2-10)16-9-14-8-15-16;1-8-2-4-9(5-3-8)12-7-10-6-11-12/h1-4,8-9,13H,5-7,12H2;2-7H,1H3. The van der Waals surface area contributed by atoms with Gasteiger partial charge in [0.1, 0.15) is 25.3 Å². The van der Waals surface area contributed by atoms with Gasteiger partial charge in [0.15, 0.2) is 0 Å². The van der Waals surface area contributed by atoms with E-state index in [4.69, 9.17) is 5.73 Å². The molecule has 2 heterocycles. The lowest BCUT2D eigenvalue weighted by Crippen LogP contribution is -2.21. The van der Waals surface area contributed by atoms with Gasteiger partial charge in [-0.2, -0.15) is 10.2 Å². The van der Waals surface area contributed by atoms with Crippen LogP contribution < -0.4 is 11.1 Å². The SMILES string of the molecule is Cc1ccc(-n2cncn2)cc1.NCCNCc1ccc(-n2cncn2)cc1. The maximum atomic E-state index is 5.40. The van der Waals surface area contributed by atoms with Crippen LogP contribution in [0.5, 0.6) is 0 Å². The molecule has 3 N–H and O–H groups in total. The van der Waals surface area contributed by atoms with Crippen LogP contribution in [0.25, 0.3) is 11.4 Å². The molecular weight excluding hydrogens is 352 g/mol. The Balaban J connectivity index is 0.000000167. The van der Waals surface area contributed by atoms with Gasteiger partial charge in [-0.05, 0) is 36.8 Å². The van der Waals surface area contributed by atoms with E-state index in [0.717, 1.165) is 24.5 Å². The minimum atomic E-state index is 0.664. The van der Waals surface area contributed by atoms with E-state index < -0.39 is 0 Å². The zero-order valence-corrected chi connectivity index (χ0v) is 15.8. The Bertz CT molecular complexity index is 914. The molecule has 0 fully saturated rings. The van der Waals surface area contributed by atoms with Crippen LogP contribution in [0, 0.1) is 6.92 Å². The highest BCUT2D eigenvalue weighted by Crippen LogP contribution is 2.08. The van der Waals surface area contributed by atoms with Gasteiger partial charge in [-0.1, -0.05) is 29.8 Å². The third-order valence-electron chi connectivity index (χ3n) is 3.99. The van der Waals surface area contributed by atoms with E-state index in [2.05, 4.69) is 56.7 Å². The lowest BCUT2D eigenvalue weighted by molar-refractivity contribution is 0.694. The van der Waals surface area contributed by atoms with Gasteiger partial charge >= 0.3 is 0 Å². The van der Waals surface area contributed by atoms with Gasteiger partial charge in [-0.15, -0.1) is 0 Å². The third kappa shape index (κ3) is 5.57. The Morgan fingerprint density at radius 1 is 0.821 bits per heavy atom. The molecule has 0 bridgehead atoms. The molecule has 0 radical (unpaired) electrons. The van der Waals surface area contributed by atoms with Gasteiger partial charge in [0, 0.05) is 19.6 Å². The first-order valence-corrected chi connectivity index (χ1v) is 9.02. The number of hydrogen-bond acceptors (Lipinski definition) is 6. The van der Waals surface area contributed by atoms with Crippen LogP contribution in [-0.2, 0) is 6.54 Å². The van der Waals surface area contributed by atoms with Gasteiger partial charge in [-0.25, -0.2) is 19.3 Å². The van der Waals surface area contributed by atoms with Crippen molar-refractivity contribution in [3.63, 3.8) is 0 Å². The van der Waals surface area contributed by atoms with E-state index in [1.165, 1.54) is 23.8 Å². The second kappa shape index (κ2) is 10.1. The lowest BCUT2D eigenvalue weighted by atomic mass is 10.2. The second-order valence-corrected chi connectivity index (χ2v) is 6.15. The predicted octanol–water partition coefficient (Wildman–Crippen LogP) is 1.89. The maximum absolute atomic E-state index is 5.40. The molecule has 0 saturated carbocycles. The van der Waals surface area contributed by atoms with E-state index in [1.807, 2.05) is 24.3 Å². The van der Waals surface area contributed by atoms with E-state index in [0.29, 0.717) is 6.54 Å². The summed E-state index contributed by atoms with van der Waals surface area (Å²) in [7, 11) is 0. The van der Waals surface area contributed by atoms with E-state index in [-0.39, 0.29) is 0 Å². The van der Waals surface area contributed by atoms with Gasteiger partial charge in [-0.3, -0.25) is 0 Å². The largest absolute Gasteiger partial charge is 0.329 e. The highest BCUT2D eigenvalue weighted by Gasteiger charge is 1.97. The second-order valence-electron chi connectivity index (χ2n) is 6.15. The number of aryl methyl sites for hydroxylation is 1. The Labute approximate surface area is 164 Å². The zero-order valence-electron chi connectivity index (χ0n) is 15.8. The molecule has 4 rings (SSSR count). The number of nitrogens with one attached hydrogen (secondary N) is 1. The van der Waals surface area contributed by atoms with Crippen LogP contribution in [0.4, 0.5) is 0 Å². The van der Waals surface area contributed by atoms with Crippen molar-refractivity contribution in [1.82, 2.24) is 34.8 Å². The number of rotatable bonds is 6. The van der Waals surface area contributed by atoms with Crippen molar-refractivity contribution in [3.05, 3.63) is 85.0 Å². The molecule has 2 aromatic carbocycles. The van der Waals surface area contributed by atoms with Crippen molar-refractivity contribution in [2.45, 2.75) is 13.5 Å². The average molecular weight is 376 g/mol. The summed E-state index contributed by atoms with van der Waals surface area (Å²) in [5.74, 6) is 0. The Hall–Kier alpha value is -3.36. The molecule has 2 aromatic heterocycles. The van der Waals surface area contributed by atoms with Gasteiger partial charge in [0.25, 0.3) is 0 Å². The fourth-order valence-electron chi connectivity index (χ4n) is 2.48. The molecule has 4 aromatic rings. The summed E-state index contributed by atoms with van der Waals surface area (Å²) in [5.41, 5.74) is 9.94. The number of nitrogens with zero attached hydrogens (tertiary/aromatic N) is 6. The van der Waals surface area contributed by atoms with Crippen LogP contribution in [0.3, 0.4) is 0 Å². The quantitative estimate of drug-likeness (QED) is 0.499. The normalized spacial score (nSPS) is 10.4. The Kier molecular flexibility index (Phi) is 7.00. The highest BCUT2D eigenvalue weighted by molar-refractivity contribution is 5.33. The molecular formula is C20H24N8. The number of benzene rings is 2. The van der Waals surface area contributed by atoms with Gasteiger partial charge < -0.3 is 11.1 Å². The van der Waals surface area contributed by atoms with Crippen molar-refractivity contribution in [2.24, 2.45) is 5.73 Å². The Morgan fingerprint density at radius 2 is 1.36 bits per heavy atom. The van der Waals surface area contributed by atoms with Crippen molar-refractivity contribution in [1.29, 1.82) is 0 Å². The average Bonchev–Trinajstić information content (AvgIpc) is 3.44. The highest BCUT2D eigenvalue weighted by atomic mass is 15.3. The van der Waals surface area contributed by atoms with Crippen molar-refractivity contribution in [3.8, 4) is 11.4 Å². The summed E-state index contributed by atoms with van der Waals surface area (Å²) in [6.45, 7) is 4.40. The van der Waals surface area contributed by atoms with Crippen LogP contribution in [0.2, 0.25) is 0 Å². The molecule has 0 aliphatic rings. The van der Waals surface area contributed by atoms with E-state index >= 15 is 0 Å². The van der Waals surface area contributed by atoms with E-state index in [1.54, 1.807) is 22.0 Å². The molecule has 0 aliphatic heterocycles. The maximum Gasteiger partial charge on any atom is 0.138 e. The smallest absolute Gasteiger partial charge is 0.138 e. The number of hydrogen-bond donors (Lipinski definition) is 2. The number of nitrogens with two attached hydrogens (primary N) is 1. The van der Waals surface area contributed by atoms with Crippen LogP contribution in [0.1, 0.15) is 11.1 Å². The molecule has 144 valence electrons. The van der Waals surface area contributed by atoms with Crippen LogP contribution >= 0.6 is 0 Å². The summed E-state index contributed by atoms with van der Waals surface area (Å²) in [5, 5.41) is 11.3. The fourth-order valence-corrected chi connectivity index (χ4v) is 2.48. The first-order chi connectivity index (χ1) is 13.8. The van der Waals surface area contributed by atoms with Gasteiger partial charge in [0.2, 0.25) is 0 Å². The summed E-state index contributed by atoms with van der Waals surface area (Å²) in [6, 6.07) is 16.3. The fraction of sp³-hybridized carbons (Fsp3) is 0.200. The molecule has 0 spiro atoms. The molecule has 8 heteroatoms. The summed E-state index contributed by atoms with van der Waals surface area (Å²) in [6.07, 6.45) is 6.42. The lowest BCUT2D eigenvalue weighted by Gasteiger charge is -2.04. The molecule has 28 heavy (non-hydrogen) atoms. The van der Waals surface area contributed by atoms with Crippen LogP contribution in [-0.4, -0.2) is 42.6 Å². The topological polar surface area (TPSA) is 99.5 Å². The van der Waals surface area contributed by atoms with Crippen molar-refractivity contribution >= 4 is 0 Å². The summed E-state index contributed by atoms with van der Waals surface area (Å²) in [4.78, 5) is 7.78. The van der Waals surface area contributed by atoms with Crippen molar-refractivity contribution in [2.75, 3.05) is 13.1 Å². The predicted molar refractivity (Wildman–Crippen MR) is 108 cm³/mol. The summed E-state index contributed by atoms with van der Waals surface area (Å²) >= 11 is 0. The third-order valence-corrected chi connectivity index (χ3v) is 3.99. The van der Waals surface area contributed by atoms with Crippen LogP contribution in [0.15, 0.2) is 73.8 Å². The molecule has 0 saturated heterocycles. The first-order valence-electron chi connectivity index (χ1n) is 9.02. The molecule has 0 aliphatic carbocycles. The molecule has 0 unspecified atom stereocenters. The van der Waals surface area contributed by atoms with Gasteiger partial charge in [0.05, 0.1) is 11.4 Å². The Morgan fingerprint density at radius 3 is 1.82 bits per heavy atom. The van der Waals surface area contributed by atoms with E-state index in [9.17, 15) is 0 Å². The zero-order chi connectivity index (χ0) is 19.6. The first kappa shape index (κ1) is 19.4. The molecule has 0 atom stereocenters. The number of aromatic nitrogens is 6. The molecule has 8 nitrogen and oxygen atoms in total. The minimum Gasteiger partial charge on any atom is -0.329 e. The minimum absolute atomic E-state index is 0.664. The monoisotopic (exact) mass is 376 g/mol. The van der Waals surface area contributed by atoms with Crippen molar-refractivity contribution < 1.29 is 0 Å². The molecule has 0 amide bonds.